The van der Waals surface area contributed by atoms with E-state index < -0.39 is 0 Å². The third-order valence-corrected chi connectivity index (χ3v) is 3.12. The molecule has 2 heterocycles. The number of aromatic nitrogens is 1. The van der Waals surface area contributed by atoms with Crippen molar-refractivity contribution in [2.24, 2.45) is 0 Å². The third kappa shape index (κ3) is 2.33. The Hall–Kier alpha value is -1.78. The van der Waals surface area contributed by atoms with Gasteiger partial charge in [0.15, 0.2) is 0 Å². The Morgan fingerprint density at radius 3 is 2.94 bits per heavy atom. The van der Waals surface area contributed by atoms with Crippen LogP contribution in [0.3, 0.4) is 0 Å². The van der Waals surface area contributed by atoms with Crippen LogP contribution in [-0.4, -0.2) is 28.1 Å². The van der Waals surface area contributed by atoms with E-state index in [1.54, 1.807) is 17.2 Å². The molecule has 1 fully saturated rings. The molecule has 5 nitrogen and oxygen atoms in total. The molecule has 0 unspecified atom stereocenters. The number of nitrogens with zero attached hydrogens (tertiary/aromatic N) is 2. The highest BCUT2D eigenvalue weighted by Gasteiger charge is 2.37. The molecule has 0 saturated carbocycles. The molecule has 2 rings (SSSR count). The second-order valence-electron chi connectivity index (χ2n) is 4.29. The molecule has 1 aliphatic rings. The molecular formula is C12H17N3O2. The van der Waals surface area contributed by atoms with Gasteiger partial charge in [0.2, 0.25) is 0 Å². The van der Waals surface area contributed by atoms with Gasteiger partial charge in [-0.2, -0.15) is 0 Å². The van der Waals surface area contributed by atoms with Crippen LogP contribution in [0.1, 0.15) is 25.8 Å². The van der Waals surface area contributed by atoms with Crippen LogP contribution in [0.2, 0.25) is 0 Å². The smallest absolute Gasteiger partial charge is 0.410 e. The zero-order valence-corrected chi connectivity index (χ0v) is 10.1. The van der Waals surface area contributed by atoms with E-state index in [4.69, 9.17) is 10.5 Å². The highest BCUT2D eigenvalue weighted by Crippen LogP contribution is 2.23. The zero-order chi connectivity index (χ0) is 12.4. The SMILES string of the molecule is CC[C@H]1OC(=O)N(Cc2ccnc(N)c2)[C@@H]1C. The summed E-state index contributed by atoms with van der Waals surface area (Å²) in [5.74, 6) is 0.467. The minimum absolute atomic E-state index is 0.0123. The molecular weight excluding hydrogens is 218 g/mol. The van der Waals surface area contributed by atoms with Crippen LogP contribution in [0, 0.1) is 0 Å². The van der Waals surface area contributed by atoms with Crippen LogP contribution in [-0.2, 0) is 11.3 Å². The Morgan fingerprint density at radius 2 is 2.35 bits per heavy atom. The quantitative estimate of drug-likeness (QED) is 0.867. The van der Waals surface area contributed by atoms with Crippen molar-refractivity contribution in [2.45, 2.75) is 39.0 Å². The van der Waals surface area contributed by atoms with Crippen LogP contribution < -0.4 is 5.73 Å². The highest BCUT2D eigenvalue weighted by molar-refractivity contribution is 5.70. The summed E-state index contributed by atoms with van der Waals surface area (Å²) in [4.78, 5) is 17.4. The van der Waals surface area contributed by atoms with Crippen LogP contribution in [0.4, 0.5) is 10.6 Å². The fourth-order valence-corrected chi connectivity index (χ4v) is 2.09. The molecule has 92 valence electrons. The zero-order valence-electron chi connectivity index (χ0n) is 10.1. The van der Waals surface area contributed by atoms with Crippen LogP contribution in [0.25, 0.3) is 0 Å². The normalized spacial score (nSPS) is 23.9. The van der Waals surface area contributed by atoms with Crippen molar-refractivity contribution in [1.82, 2.24) is 9.88 Å². The second-order valence-corrected chi connectivity index (χ2v) is 4.29. The summed E-state index contributed by atoms with van der Waals surface area (Å²) in [7, 11) is 0. The van der Waals surface area contributed by atoms with E-state index in [1.807, 2.05) is 19.9 Å². The molecule has 1 aromatic rings. The lowest BCUT2D eigenvalue weighted by Crippen LogP contribution is -2.33. The van der Waals surface area contributed by atoms with Crippen LogP contribution in [0.15, 0.2) is 18.3 Å². The Morgan fingerprint density at radius 1 is 1.59 bits per heavy atom. The number of nitrogens with two attached hydrogens (primary N) is 1. The van der Waals surface area contributed by atoms with Gasteiger partial charge in [0.25, 0.3) is 0 Å². The largest absolute Gasteiger partial charge is 0.444 e. The summed E-state index contributed by atoms with van der Waals surface area (Å²) in [5, 5.41) is 0. The van der Waals surface area contributed by atoms with E-state index >= 15 is 0 Å². The molecule has 0 radical (unpaired) electrons. The van der Waals surface area contributed by atoms with Gasteiger partial charge in [-0.15, -0.1) is 0 Å². The lowest BCUT2D eigenvalue weighted by atomic mass is 10.1. The van der Waals surface area contributed by atoms with Crippen molar-refractivity contribution in [3.63, 3.8) is 0 Å². The van der Waals surface area contributed by atoms with Crippen molar-refractivity contribution in [3.8, 4) is 0 Å². The number of carbonyl (C=O) groups excluding carboxylic acids is 1. The van der Waals surface area contributed by atoms with Crippen LogP contribution in [0.5, 0.6) is 0 Å². The number of hydrogen-bond acceptors (Lipinski definition) is 4. The van der Waals surface area contributed by atoms with E-state index in [1.165, 1.54) is 0 Å². The first-order valence-corrected chi connectivity index (χ1v) is 5.79. The maximum absolute atomic E-state index is 11.7. The topological polar surface area (TPSA) is 68.5 Å². The van der Waals surface area contributed by atoms with E-state index in [2.05, 4.69) is 4.98 Å². The molecule has 2 N–H and O–H groups in total. The first-order chi connectivity index (χ1) is 8.11. The average molecular weight is 235 g/mol. The van der Waals surface area contributed by atoms with Crippen molar-refractivity contribution in [2.75, 3.05) is 5.73 Å². The molecule has 0 aliphatic carbocycles. The summed E-state index contributed by atoms with van der Waals surface area (Å²) >= 11 is 0. The fourth-order valence-electron chi connectivity index (χ4n) is 2.09. The van der Waals surface area contributed by atoms with E-state index in [-0.39, 0.29) is 18.2 Å². The summed E-state index contributed by atoms with van der Waals surface area (Å²) in [5.41, 5.74) is 6.58. The Kier molecular flexibility index (Phi) is 3.17. The van der Waals surface area contributed by atoms with Crippen molar-refractivity contribution < 1.29 is 9.53 Å². The second kappa shape index (κ2) is 4.61. The molecule has 0 aromatic carbocycles. The molecule has 5 heteroatoms. The number of nitrogen functional groups attached to an aromatic ring is 1. The Bertz CT molecular complexity index is 422. The Labute approximate surface area is 101 Å². The highest BCUT2D eigenvalue weighted by atomic mass is 16.6. The molecule has 17 heavy (non-hydrogen) atoms. The standard InChI is InChI=1S/C12H17N3O2/c1-3-10-8(2)15(12(16)17-10)7-9-4-5-14-11(13)6-9/h4-6,8,10H,3,7H2,1-2H3,(H2,13,14)/t8-,10-/m1/s1. The fraction of sp³-hybridized carbons (Fsp3) is 0.500. The van der Waals surface area contributed by atoms with Gasteiger partial charge >= 0.3 is 6.09 Å². The lowest BCUT2D eigenvalue weighted by molar-refractivity contribution is 0.128. The van der Waals surface area contributed by atoms with Gasteiger partial charge in [-0.05, 0) is 31.0 Å². The molecule has 1 amide bonds. The molecule has 1 aliphatic heterocycles. The minimum atomic E-state index is -0.250. The average Bonchev–Trinajstić information content (AvgIpc) is 2.56. The molecule has 2 atom stereocenters. The van der Waals surface area contributed by atoms with Gasteiger partial charge < -0.3 is 10.5 Å². The van der Waals surface area contributed by atoms with Gasteiger partial charge in [0.05, 0.1) is 6.04 Å². The molecule has 1 aromatic heterocycles. The van der Waals surface area contributed by atoms with E-state index in [9.17, 15) is 4.79 Å². The van der Waals surface area contributed by atoms with Gasteiger partial charge in [-0.1, -0.05) is 6.92 Å². The monoisotopic (exact) mass is 235 g/mol. The van der Waals surface area contributed by atoms with Gasteiger partial charge in [0, 0.05) is 12.7 Å². The molecule has 1 saturated heterocycles. The lowest BCUT2D eigenvalue weighted by Gasteiger charge is -2.20. The molecule has 0 spiro atoms. The maximum Gasteiger partial charge on any atom is 0.410 e. The Balaban J connectivity index is 2.11. The third-order valence-electron chi connectivity index (χ3n) is 3.12. The predicted molar refractivity (Wildman–Crippen MR) is 64.2 cm³/mol. The van der Waals surface area contributed by atoms with Crippen molar-refractivity contribution in [1.29, 1.82) is 0 Å². The number of ether oxygens (including phenoxy) is 1. The summed E-state index contributed by atoms with van der Waals surface area (Å²) < 4.78 is 5.28. The number of carbonyl (C=O) groups is 1. The first kappa shape index (κ1) is 11.7. The van der Waals surface area contributed by atoms with Crippen molar-refractivity contribution in [3.05, 3.63) is 23.9 Å². The first-order valence-electron chi connectivity index (χ1n) is 5.79. The van der Waals surface area contributed by atoms with Gasteiger partial charge in [-0.3, -0.25) is 4.90 Å². The minimum Gasteiger partial charge on any atom is -0.444 e. The van der Waals surface area contributed by atoms with Gasteiger partial charge in [0.1, 0.15) is 11.9 Å². The summed E-state index contributed by atoms with van der Waals surface area (Å²) in [6.45, 7) is 4.54. The number of rotatable bonds is 3. The number of amides is 1. The van der Waals surface area contributed by atoms with Crippen molar-refractivity contribution >= 4 is 11.9 Å². The maximum atomic E-state index is 11.7. The summed E-state index contributed by atoms with van der Waals surface area (Å²) in [6, 6.07) is 3.73. The number of anilines is 1. The number of hydrogen-bond donors (Lipinski definition) is 1. The number of cyclic esters (lactones) is 1. The van der Waals surface area contributed by atoms with E-state index in [0.29, 0.717) is 12.4 Å². The van der Waals surface area contributed by atoms with Crippen LogP contribution >= 0.6 is 0 Å². The van der Waals surface area contributed by atoms with Gasteiger partial charge in [-0.25, -0.2) is 9.78 Å². The molecule has 0 bridgehead atoms. The summed E-state index contributed by atoms with van der Waals surface area (Å²) in [6.07, 6.45) is 2.22. The predicted octanol–water partition coefficient (Wildman–Crippen LogP) is 1.78. The van der Waals surface area contributed by atoms with E-state index in [0.717, 1.165) is 12.0 Å². The number of pyridine rings is 1.